The summed E-state index contributed by atoms with van der Waals surface area (Å²) in [4.78, 5) is 9.95. The van der Waals surface area contributed by atoms with Crippen LogP contribution in [0.1, 0.15) is 0 Å². The molecule has 46 valence electrons. The molecule has 0 spiro atoms. The zero-order chi connectivity index (χ0) is 6.04. The maximum absolute atomic E-state index is 10.8. The first-order valence-electron chi connectivity index (χ1n) is 2.52. The van der Waals surface area contributed by atoms with Crippen molar-refractivity contribution in [1.82, 2.24) is 5.32 Å². The Morgan fingerprint density at radius 3 is 2.75 bits per heavy atom. The highest BCUT2D eigenvalue weighted by molar-refractivity contribution is 5.37. The number of nitrogens with zero attached hydrogens (tertiary/aromatic N) is 1. The largest absolute Gasteiger partial charge is 0.624 e. The molecule has 0 aromatic rings. The highest BCUT2D eigenvalue weighted by Gasteiger charge is 2.20. The minimum absolute atomic E-state index is 0.240. The molecule has 1 rings (SSSR count). The van der Waals surface area contributed by atoms with Gasteiger partial charge < -0.3 is 5.21 Å². The minimum atomic E-state index is -0.722. The Balaban J connectivity index is 2.52. The molecule has 1 aliphatic heterocycles. The van der Waals surface area contributed by atoms with Crippen LogP contribution in [-0.2, 0) is 4.79 Å². The molecule has 1 fully saturated rings. The highest BCUT2D eigenvalue weighted by Crippen LogP contribution is 2.00. The molecule has 1 unspecified atom stereocenters. The number of carbonyl (C=O) groups excluding carboxylic acids is 1. The first kappa shape index (κ1) is 5.68. The number of nitrogens with one attached hydrogen (secondary N) is 1. The van der Waals surface area contributed by atoms with E-state index in [0.29, 0.717) is 19.5 Å². The normalized spacial score (nSPS) is 37.6. The van der Waals surface area contributed by atoms with Gasteiger partial charge in [0.05, 0.1) is 13.1 Å². The van der Waals surface area contributed by atoms with Gasteiger partial charge in [-0.05, 0) is 0 Å². The van der Waals surface area contributed by atoms with Crippen molar-refractivity contribution in [2.45, 2.75) is 0 Å². The fourth-order valence-corrected chi connectivity index (χ4v) is 0.706. The zero-order valence-corrected chi connectivity index (χ0v) is 4.46. The van der Waals surface area contributed by atoms with E-state index in [1.807, 2.05) is 0 Å². The summed E-state index contributed by atoms with van der Waals surface area (Å²) in [6, 6.07) is 0. The molecular weight excluding hydrogens is 108 g/mol. The second-order valence-electron chi connectivity index (χ2n) is 1.94. The van der Waals surface area contributed by atoms with Crippen molar-refractivity contribution < 1.29 is 9.44 Å². The van der Waals surface area contributed by atoms with Crippen LogP contribution in [0.15, 0.2) is 0 Å². The Bertz CT molecular complexity index is 98.2. The van der Waals surface area contributed by atoms with Crippen LogP contribution < -0.4 is 5.32 Å². The average molecular weight is 116 g/mol. The quantitative estimate of drug-likeness (QED) is 0.272. The second-order valence-corrected chi connectivity index (χ2v) is 1.94. The van der Waals surface area contributed by atoms with Gasteiger partial charge in [0.15, 0.2) is 0 Å². The van der Waals surface area contributed by atoms with E-state index >= 15 is 0 Å². The summed E-state index contributed by atoms with van der Waals surface area (Å²) in [5.41, 5.74) is 0. The van der Waals surface area contributed by atoms with Crippen LogP contribution in [0.2, 0.25) is 0 Å². The molecule has 1 amide bonds. The number of hydrogen-bond donors (Lipinski definition) is 1. The summed E-state index contributed by atoms with van der Waals surface area (Å²) < 4.78 is -0.722. The predicted molar refractivity (Wildman–Crippen MR) is 27.4 cm³/mol. The molecule has 0 radical (unpaired) electrons. The fraction of sp³-hybridized carbons (Fsp3) is 0.750. The third-order valence-corrected chi connectivity index (χ3v) is 1.24. The molecule has 0 saturated carbocycles. The van der Waals surface area contributed by atoms with Crippen LogP contribution in [0.3, 0.4) is 0 Å². The van der Waals surface area contributed by atoms with Crippen LogP contribution in [0.25, 0.3) is 0 Å². The molecule has 0 aromatic carbocycles. The number of quaternary nitrogens is 1. The molecule has 1 N–H and O–H groups in total. The third-order valence-electron chi connectivity index (χ3n) is 1.24. The molecule has 8 heavy (non-hydrogen) atoms. The Labute approximate surface area is 47.3 Å². The molecule has 0 aliphatic carbocycles. The predicted octanol–water partition coefficient (Wildman–Crippen LogP) is -0.982. The van der Waals surface area contributed by atoms with Crippen LogP contribution in [0, 0.1) is 5.21 Å². The number of hydroxylamine groups is 3. The van der Waals surface area contributed by atoms with Crippen molar-refractivity contribution >= 4 is 6.41 Å². The van der Waals surface area contributed by atoms with Crippen molar-refractivity contribution in [3.63, 3.8) is 0 Å². The van der Waals surface area contributed by atoms with Crippen molar-refractivity contribution in [3.05, 3.63) is 5.21 Å². The van der Waals surface area contributed by atoms with Gasteiger partial charge in [0.1, 0.15) is 6.67 Å². The van der Waals surface area contributed by atoms with E-state index in [9.17, 15) is 10.0 Å². The molecular formula is C4H8N2O2. The Kier molecular flexibility index (Phi) is 1.29. The minimum Gasteiger partial charge on any atom is -0.624 e. The lowest BCUT2D eigenvalue weighted by molar-refractivity contribution is -0.781. The van der Waals surface area contributed by atoms with Crippen molar-refractivity contribution in [2.75, 3.05) is 19.8 Å². The Morgan fingerprint density at radius 1 is 1.75 bits per heavy atom. The lowest BCUT2D eigenvalue weighted by Crippen LogP contribution is -2.38. The van der Waals surface area contributed by atoms with E-state index in [0.717, 1.165) is 0 Å². The van der Waals surface area contributed by atoms with Gasteiger partial charge in [-0.3, -0.25) is 9.96 Å². The first-order chi connectivity index (χ1) is 3.77. The Morgan fingerprint density at radius 2 is 2.50 bits per heavy atom. The Hall–Kier alpha value is -0.450. The summed E-state index contributed by atoms with van der Waals surface area (Å²) in [5.74, 6) is 0. The molecule has 4 heteroatoms. The lowest BCUT2D eigenvalue weighted by atomic mass is 10.6. The smallest absolute Gasteiger partial charge is 0.302 e. The summed E-state index contributed by atoms with van der Waals surface area (Å²) in [6.07, 6.45) is 0.431. The van der Waals surface area contributed by atoms with Crippen LogP contribution in [-0.4, -0.2) is 30.8 Å². The van der Waals surface area contributed by atoms with Crippen LogP contribution in [0.4, 0.5) is 0 Å². The van der Waals surface area contributed by atoms with Gasteiger partial charge in [0.2, 0.25) is 0 Å². The first-order valence-corrected chi connectivity index (χ1v) is 2.52. The number of amides is 1. The molecule has 1 aliphatic rings. The molecule has 4 nitrogen and oxygen atoms in total. The van der Waals surface area contributed by atoms with E-state index in [-0.39, 0.29) is 6.67 Å². The number of hydrogen-bond acceptors (Lipinski definition) is 3. The van der Waals surface area contributed by atoms with Gasteiger partial charge in [-0.25, -0.2) is 4.79 Å². The fourth-order valence-electron chi connectivity index (χ4n) is 0.706. The van der Waals surface area contributed by atoms with Crippen molar-refractivity contribution in [3.8, 4) is 0 Å². The molecule has 1 atom stereocenters. The second kappa shape index (κ2) is 1.81. The maximum atomic E-state index is 10.8. The van der Waals surface area contributed by atoms with Gasteiger partial charge in [-0.1, -0.05) is 0 Å². The average Bonchev–Trinajstić information content (AvgIpc) is 2.17. The summed E-state index contributed by atoms with van der Waals surface area (Å²) in [6.45, 7) is 1.27. The topological polar surface area (TPSA) is 52.2 Å². The number of rotatable bonds is 1. The van der Waals surface area contributed by atoms with E-state index in [1.54, 1.807) is 0 Å². The van der Waals surface area contributed by atoms with Gasteiger partial charge in [-0.15, -0.1) is 0 Å². The van der Waals surface area contributed by atoms with E-state index in [2.05, 4.69) is 5.32 Å². The molecule has 0 aromatic heterocycles. The molecule has 0 bridgehead atoms. The van der Waals surface area contributed by atoms with Crippen molar-refractivity contribution in [1.29, 1.82) is 0 Å². The lowest BCUT2D eigenvalue weighted by Gasteiger charge is -2.28. The van der Waals surface area contributed by atoms with E-state index < -0.39 is 4.65 Å². The van der Waals surface area contributed by atoms with Gasteiger partial charge in [0.25, 0.3) is 0 Å². The van der Waals surface area contributed by atoms with E-state index in [1.165, 1.54) is 0 Å². The zero-order valence-electron chi connectivity index (χ0n) is 4.46. The van der Waals surface area contributed by atoms with Gasteiger partial charge in [-0.2, -0.15) is 0 Å². The molecule has 1 saturated heterocycles. The van der Waals surface area contributed by atoms with Gasteiger partial charge >= 0.3 is 6.41 Å². The summed E-state index contributed by atoms with van der Waals surface area (Å²) in [7, 11) is 0. The summed E-state index contributed by atoms with van der Waals surface area (Å²) in [5, 5.41) is 13.6. The summed E-state index contributed by atoms with van der Waals surface area (Å²) >= 11 is 0. The van der Waals surface area contributed by atoms with Crippen LogP contribution >= 0.6 is 0 Å². The highest BCUT2D eigenvalue weighted by atomic mass is 16.6. The third kappa shape index (κ3) is 0.861. The maximum Gasteiger partial charge on any atom is 0.302 e. The molecule has 1 heterocycles. The van der Waals surface area contributed by atoms with Crippen LogP contribution in [0.5, 0.6) is 0 Å². The number of carbonyl (C=O) groups is 1. The standard InChI is InChI=1S/C4H8N2O2/c7-4-6(8)2-1-5-3-6/h4-5H,1-3H2. The SMILES string of the molecule is O=C[N+]1([O-])CCNC1. The van der Waals surface area contributed by atoms with Gasteiger partial charge in [0, 0.05) is 0 Å². The monoisotopic (exact) mass is 116 g/mol. The van der Waals surface area contributed by atoms with E-state index in [4.69, 9.17) is 0 Å². The van der Waals surface area contributed by atoms with Crippen molar-refractivity contribution in [2.24, 2.45) is 0 Å².